The predicted octanol–water partition coefficient (Wildman–Crippen LogP) is 2.18. The number of imidazole rings is 1. The summed E-state index contributed by atoms with van der Waals surface area (Å²) in [6, 6.07) is 0. The van der Waals surface area contributed by atoms with Gasteiger partial charge in [-0.2, -0.15) is 0 Å². The maximum atomic E-state index is 4.51. The quantitative estimate of drug-likeness (QED) is 0.718. The maximum absolute atomic E-state index is 4.51. The molecule has 0 amide bonds. The van der Waals surface area contributed by atoms with Crippen LogP contribution in [0.2, 0.25) is 0 Å². The second kappa shape index (κ2) is 3.96. The van der Waals surface area contributed by atoms with Gasteiger partial charge in [0.1, 0.15) is 17.2 Å². The SMILES string of the molecule is C.CCc1nc2c(C)nc(C)nc2n1C. The van der Waals surface area contributed by atoms with Gasteiger partial charge in [0.05, 0.1) is 5.69 Å². The van der Waals surface area contributed by atoms with E-state index in [0.29, 0.717) is 0 Å². The van der Waals surface area contributed by atoms with E-state index in [1.165, 1.54) is 0 Å². The van der Waals surface area contributed by atoms with Gasteiger partial charge in [-0.3, -0.25) is 0 Å². The second-order valence-corrected chi connectivity index (χ2v) is 3.47. The van der Waals surface area contributed by atoms with E-state index < -0.39 is 0 Å². The molecule has 0 bridgehead atoms. The van der Waals surface area contributed by atoms with Crippen molar-refractivity contribution in [3.05, 3.63) is 17.3 Å². The minimum atomic E-state index is 0. The van der Waals surface area contributed by atoms with Gasteiger partial charge in [0, 0.05) is 13.5 Å². The van der Waals surface area contributed by atoms with Gasteiger partial charge in [0.25, 0.3) is 0 Å². The van der Waals surface area contributed by atoms with Crippen molar-refractivity contribution in [3.63, 3.8) is 0 Å². The van der Waals surface area contributed by atoms with E-state index in [1.807, 2.05) is 25.5 Å². The van der Waals surface area contributed by atoms with Gasteiger partial charge in [-0.05, 0) is 13.8 Å². The lowest BCUT2D eigenvalue weighted by Gasteiger charge is -1.99. The van der Waals surface area contributed by atoms with E-state index in [9.17, 15) is 0 Å². The normalized spacial score (nSPS) is 10.4. The van der Waals surface area contributed by atoms with Crippen LogP contribution in [-0.4, -0.2) is 19.5 Å². The third-order valence-electron chi connectivity index (χ3n) is 2.41. The summed E-state index contributed by atoms with van der Waals surface area (Å²) in [6.07, 6.45) is 0.922. The van der Waals surface area contributed by atoms with Crippen molar-refractivity contribution in [1.29, 1.82) is 0 Å². The van der Waals surface area contributed by atoms with Crippen LogP contribution >= 0.6 is 0 Å². The van der Waals surface area contributed by atoms with Gasteiger partial charge < -0.3 is 4.57 Å². The van der Waals surface area contributed by atoms with Crippen molar-refractivity contribution < 1.29 is 0 Å². The Hall–Kier alpha value is -1.45. The molecule has 0 radical (unpaired) electrons. The highest BCUT2D eigenvalue weighted by Crippen LogP contribution is 2.15. The summed E-state index contributed by atoms with van der Waals surface area (Å²) >= 11 is 0. The fraction of sp³-hybridized carbons (Fsp3) is 0.545. The fourth-order valence-corrected chi connectivity index (χ4v) is 1.70. The standard InChI is InChI=1S/C10H14N4.CH4/c1-5-8-13-9-6(2)11-7(3)12-10(9)14(8)4;/h5H2,1-4H3;1H4. The third kappa shape index (κ3) is 1.71. The first-order chi connectivity index (χ1) is 6.63. The number of hydrogen-bond acceptors (Lipinski definition) is 3. The van der Waals surface area contributed by atoms with Gasteiger partial charge in [-0.1, -0.05) is 14.4 Å². The summed E-state index contributed by atoms with van der Waals surface area (Å²) in [4.78, 5) is 13.2. The van der Waals surface area contributed by atoms with Crippen molar-refractivity contribution in [2.24, 2.45) is 7.05 Å². The molecule has 0 fully saturated rings. The molecule has 0 aliphatic rings. The summed E-state index contributed by atoms with van der Waals surface area (Å²) in [6.45, 7) is 5.98. The molecule has 0 aliphatic carbocycles. The number of nitrogens with zero attached hydrogens (tertiary/aromatic N) is 4. The summed E-state index contributed by atoms with van der Waals surface area (Å²) in [5.74, 6) is 1.86. The van der Waals surface area contributed by atoms with Crippen molar-refractivity contribution in [2.45, 2.75) is 34.6 Å². The van der Waals surface area contributed by atoms with Crippen molar-refractivity contribution in [3.8, 4) is 0 Å². The minimum absolute atomic E-state index is 0. The van der Waals surface area contributed by atoms with E-state index >= 15 is 0 Å². The van der Waals surface area contributed by atoms with Crippen LogP contribution in [0.15, 0.2) is 0 Å². The smallest absolute Gasteiger partial charge is 0.163 e. The molecule has 82 valence electrons. The molecule has 0 saturated carbocycles. The molecule has 0 unspecified atom stereocenters. The average molecular weight is 206 g/mol. The molecular weight excluding hydrogens is 188 g/mol. The molecule has 0 spiro atoms. The largest absolute Gasteiger partial charge is 0.316 e. The van der Waals surface area contributed by atoms with Gasteiger partial charge >= 0.3 is 0 Å². The topological polar surface area (TPSA) is 43.6 Å². The Labute approximate surface area is 90.4 Å². The van der Waals surface area contributed by atoms with Crippen LogP contribution in [0.25, 0.3) is 11.2 Å². The molecule has 15 heavy (non-hydrogen) atoms. The Kier molecular flexibility index (Phi) is 3.07. The zero-order valence-electron chi connectivity index (χ0n) is 9.00. The van der Waals surface area contributed by atoms with Gasteiger partial charge in [-0.15, -0.1) is 0 Å². The van der Waals surface area contributed by atoms with Crippen LogP contribution in [0.5, 0.6) is 0 Å². The number of hydrogen-bond donors (Lipinski definition) is 0. The molecule has 2 rings (SSSR count). The highest BCUT2D eigenvalue weighted by molar-refractivity contribution is 5.73. The van der Waals surface area contributed by atoms with Crippen LogP contribution in [0, 0.1) is 13.8 Å². The summed E-state index contributed by atoms with van der Waals surface area (Å²) in [7, 11) is 2.00. The molecule has 0 N–H and O–H groups in total. The molecule has 2 heterocycles. The molecule has 0 atom stereocenters. The molecule has 4 heteroatoms. The summed E-state index contributed by atoms with van der Waals surface area (Å²) < 4.78 is 2.04. The van der Waals surface area contributed by atoms with Crippen molar-refractivity contribution >= 4 is 11.2 Å². The van der Waals surface area contributed by atoms with Crippen LogP contribution in [0.3, 0.4) is 0 Å². The third-order valence-corrected chi connectivity index (χ3v) is 2.41. The second-order valence-electron chi connectivity index (χ2n) is 3.47. The van der Waals surface area contributed by atoms with Crippen LogP contribution in [0.1, 0.15) is 31.7 Å². The first-order valence-corrected chi connectivity index (χ1v) is 4.80. The summed E-state index contributed by atoms with van der Waals surface area (Å²) in [5, 5.41) is 0. The summed E-state index contributed by atoms with van der Waals surface area (Å²) in [5.41, 5.74) is 2.82. The van der Waals surface area contributed by atoms with Crippen LogP contribution < -0.4 is 0 Å². The number of rotatable bonds is 1. The van der Waals surface area contributed by atoms with E-state index in [-0.39, 0.29) is 7.43 Å². The molecule has 0 aliphatic heterocycles. The highest BCUT2D eigenvalue weighted by Gasteiger charge is 2.10. The first-order valence-electron chi connectivity index (χ1n) is 4.80. The van der Waals surface area contributed by atoms with E-state index in [2.05, 4.69) is 21.9 Å². The number of fused-ring (bicyclic) bond motifs is 1. The van der Waals surface area contributed by atoms with Gasteiger partial charge in [0.15, 0.2) is 5.65 Å². The Morgan fingerprint density at radius 1 is 1.13 bits per heavy atom. The number of aromatic nitrogens is 4. The molecule has 0 saturated heterocycles. The van der Waals surface area contributed by atoms with Gasteiger partial charge in [-0.25, -0.2) is 15.0 Å². The van der Waals surface area contributed by atoms with Crippen LogP contribution in [-0.2, 0) is 13.5 Å². The van der Waals surface area contributed by atoms with Crippen LogP contribution in [0.4, 0.5) is 0 Å². The Morgan fingerprint density at radius 3 is 2.40 bits per heavy atom. The Balaban J connectivity index is 0.00000112. The lowest BCUT2D eigenvalue weighted by atomic mass is 10.4. The molecule has 4 nitrogen and oxygen atoms in total. The molecule has 2 aromatic rings. The lowest BCUT2D eigenvalue weighted by Crippen LogP contribution is -1.98. The lowest BCUT2D eigenvalue weighted by molar-refractivity contribution is 0.818. The monoisotopic (exact) mass is 206 g/mol. The molecule has 0 aromatic carbocycles. The minimum Gasteiger partial charge on any atom is -0.316 e. The zero-order chi connectivity index (χ0) is 10.3. The highest BCUT2D eigenvalue weighted by atomic mass is 15.1. The van der Waals surface area contributed by atoms with Crippen molar-refractivity contribution in [1.82, 2.24) is 19.5 Å². The van der Waals surface area contributed by atoms with E-state index in [4.69, 9.17) is 0 Å². The van der Waals surface area contributed by atoms with Crippen molar-refractivity contribution in [2.75, 3.05) is 0 Å². The Morgan fingerprint density at radius 2 is 1.80 bits per heavy atom. The van der Waals surface area contributed by atoms with E-state index in [1.54, 1.807) is 0 Å². The first kappa shape index (κ1) is 11.6. The number of aryl methyl sites for hydroxylation is 4. The predicted molar refractivity (Wildman–Crippen MR) is 61.9 cm³/mol. The fourth-order valence-electron chi connectivity index (χ4n) is 1.70. The van der Waals surface area contributed by atoms with E-state index in [0.717, 1.165) is 34.9 Å². The Bertz CT molecular complexity index is 485. The maximum Gasteiger partial charge on any atom is 0.163 e. The van der Waals surface area contributed by atoms with Gasteiger partial charge in [0.2, 0.25) is 0 Å². The molecule has 2 aromatic heterocycles. The average Bonchev–Trinajstić information content (AvgIpc) is 2.44. The zero-order valence-corrected chi connectivity index (χ0v) is 9.00. The molecular formula is C11H18N4.